The lowest BCUT2D eigenvalue weighted by Crippen LogP contribution is -2.50. The number of carbonyl (C=O) groups is 1. The summed E-state index contributed by atoms with van der Waals surface area (Å²) < 4.78 is 13.0. The predicted octanol–water partition coefficient (Wildman–Crippen LogP) is 2.21. The van der Waals surface area contributed by atoms with Crippen molar-refractivity contribution in [2.24, 2.45) is 0 Å². The highest BCUT2D eigenvalue weighted by Gasteiger charge is 2.30. The van der Waals surface area contributed by atoms with E-state index in [0.29, 0.717) is 24.4 Å². The zero-order valence-electron chi connectivity index (χ0n) is 14.4. The Morgan fingerprint density at radius 1 is 1.42 bits per heavy atom. The summed E-state index contributed by atoms with van der Waals surface area (Å²) in [6.45, 7) is 3.24. The first-order valence-corrected chi connectivity index (χ1v) is 8.59. The van der Waals surface area contributed by atoms with Gasteiger partial charge < -0.3 is 14.7 Å². The molecular weight excluding hydrogens is 337 g/mol. The van der Waals surface area contributed by atoms with Gasteiger partial charge in [0.25, 0.3) is 5.91 Å². The first kappa shape index (κ1) is 16.6. The summed E-state index contributed by atoms with van der Waals surface area (Å²) >= 11 is 0. The SMILES string of the molecule is Cc1c[nH]c(C2=CN([C@H]3CCCN(C(=O)c4ccc(F)nc4)C3)NO2)c1. The van der Waals surface area contributed by atoms with Crippen LogP contribution in [0.5, 0.6) is 0 Å². The van der Waals surface area contributed by atoms with Gasteiger partial charge in [0.15, 0.2) is 5.76 Å². The summed E-state index contributed by atoms with van der Waals surface area (Å²) in [5, 5.41) is 1.90. The summed E-state index contributed by atoms with van der Waals surface area (Å²) in [6.07, 6.45) is 6.93. The summed E-state index contributed by atoms with van der Waals surface area (Å²) in [4.78, 5) is 26.7. The fraction of sp³-hybridized carbons (Fsp3) is 0.333. The summed E-state index contributed by atoms with van der Waals surface area (Å²) in [5.41, 5.74) is 5.34. The number of nitrogens with zero attached hydrogens (tertiary/aromatic N) is 3. The molecule has 1 fully saturated rings. The number of hydrazine groups is 1. The van der Waals surface area contributed by atoms with E-state index in [-0.39, 0.29) is 11.9 Å². The van der Waals surface area contributed by atoms with Crippen LogP contribution < -0.4 is 5.59 Å². The molecule has 0 bridgehead atoms. The maximum absolute atomic E-state index is 13.0. The van der Waals surface area contributed by atoms with E-state index >= 15 is 0 Å². The molecule has 0 aromatic carbocycles. The minimum atomic E-state index is -0.589. The highest BCUT2D eigenvalue weighted by Crippen LogP contribution is 2.24. The van der Waals surface area contributed by atoms with Gasteiger partial charge in [0.05, 0.1) is 23.5 Å². The molecule has 0 radical (unpaired) electrons. The molecule has 2 aliphatic rings. The van der Waals surface area contributed by atoms with Crippen molar-refractivity contribution in [2.75, 3.05) is 13.1 Å². The van der Waals surface area contributed by atoms with Crippen LogP contribution in [0, 0.1) is 12.9 Å². The molecule has 1 amide bonds. The van der Waals surface area contributed by atoms with Gasteiger partial charge in [-0.25, -0.2) is 4.98 Å². The molecule has 2 N–H and O–H groups in total. The topological polar surface area (TPSA) is 73.5 Å². The third kappa shape index (κ3) is 3.28. The lowest BCUT2D eigenvalue weighted by atomic mass is 10.0. The van der Waals surface area contributed by atoms with E-state index in [1.54, 1.807) is 4.90 Å². The minimum absolute atomic E-state index is 0.0923. The maximum Gasteiger partial charge on any atom is 0.255 e. The Balaban J connectivity index is 1.44. The van der Waals surface area contributed by atoms with Gasteiger partial charge >= 0.3 is 0 Å². The summed E-state index contributed by atoms with van der Waals surface area (Å²) in [6, 6.07) is 4.78. The van der Waals surface area contributed by atoms with Crippen molar-refractivity contribution in [1.29, 1.82) is 0 Å². The molecule has 4 rings (SSSR count). The van der Waals surface area contributed by atoms with Crippen LogP contribution in [-0.2, 0) is 4.84 Å². The number of nitrogens with one attached hydrogen (secondary N) is 2. The van der Waals surface area contributed by atoms with Gasteiger partial charge in [-0.2, -0.15) is 4.39 Å². The second-order valence-corrected chi connectivity index (χ2v) is 6.60. The maximum atomic E-state index is 13.0. The lowest BCUT2D eigenvalue weighted by molar-refractivity contribution is -0.00253. The Bertz CT molecular complexity index is 832. The van der Waals surface area contributed by atoms with Crippen molar-refractivity contribution in [2.45, 2.75) is 25.8 Å². The van der Waals surface area contributed by atoms with Crippen LogP contribution in [0.4, 0.5) is 4.39 Å². The zero-order chi connectivity index (χ0) is 18.1. The van der Waals surface area contributed by atoms with E-state index < -0.39 is 5.95 Å². The highest BCUT2D eigenvalue weighted by molar-refractivity contribution is 5.94. The standard InChI is InChI=1S/C18H20FN5O2/c1-12-7-15(20-8-12)16-11-24(22-26-16)14-3-2-6-23(10-14)18(25)13-4-5-17(19)21-9-13/h4-5,7-9,11,14,20,22H,2-3,6,10H2,1H3/t14-/m0/s1. The van der Waals surface area contributed by atoms with Crippen molar-refractivity contribution >= 4 is 11.7 Å². The van der Waals surface area contributed by atoms with E-state index in [9.17, 15) is 9.18 Å². The average Bonchev–Trinajstić information content (AvgIpc) is 3.31. The van der Waals surface area contributed by atoms with E-state index in [2.05, 4.69) is 15.6 Å². The number of aromatic nitrogens is 2. The van der Waals surface area contributed by atoms with Gasteiger partial charge in [0.2, 0.25) is 5.95 Å². The molecule has 2 aromatic heterocycles. The van der Waals surface area contributed by atoms with E-state index in [0.717, 1.165) is 24.1 Å². The van der Waals surface area contributed by atoms with Gasteiger partial charge in [-0.05, 0) is 43.5 Å². The fourth-order valence-corrected chi connectivity index (χ4v) is 3.28. The van der Waals surface area contributed by atoms with Crippen molar-refractivity contribution in [3.05, 3.63) is 59.6 Å². The molecule has 2 aliphatic heterocycles. The normalized spacial score (nSPS) is 20.1. The molecule has 0 unspecified atom stereocenters. The number of halogens is 1. The molecule has 1 saturated heterocycles. The number of aromatic amines is 1. The first-order chi connectivity index (χ1) is 12.6. The zero-order valence-corrected chi connectivity index (χ0v) is 14.4. The first-order valence-electron chi connectivity index (χ1n) is 8.59. The van der Waals surface area contributed by atoms with Gasteiger partial charge in [-0.15, -0.1) is 0 Å². The molecule has 2 aromatic rings. The second-order valence-electron chi connectivity index (χ2n) is 6.60. The fourth-order valence-electron chi connectivity index (χ4n) is 3.28. The van der Waals surface area contributed by atoms with E-state index in [4.69, 9.17) is 4.84 Å². The molecule has 26 heavy (non-hydrogen) atoms. The number of H-pyrrole nitrogens is 1. The Labute approximate surface area is 150 Å². The molecule has 7 nitrogen and oxygen atoms in total. The molecule has 0 aliphatic carbocycles. The molecule has 4 heterocycles. The van der Waals surface area contributed by atoms with Gasteiger partial charge in [0, 0.05) is 25.5 Å². The summed E-state index contributed by atoms with van der Waals surface area (Å²) in [7, 11) is 0. The Morgan fingerprint density at radius 3 is 3.04 bits per heavy atom. The molecule has 0 saturated carbocycles. The number of piperidine rings is 1. The smallest absolute Gasteiger partial charge is 0.255 e. The van der Waals surface area contributed by atoms with Crippen molar-refractivity contribution < 1.29 is 14.0 Å². The second kappa shape index (κ2) is 6.80. The van der Waals surface area contributed by atoms with E-state index in [1.165, 1.54) is 18.3 Å². The predicted molar refractivity (Wildman–Crippen MR) is 92.7 cm³/mol. The number of amides is 1. The quantitative estimate of drug-likeness (QED) is 0.824. The molecule has 136 valence electrons. The number of rotatable bonds is 3. The van der Waals surface area contributed by atoms with E-state index in [1.807, 2.05) is 30.4 Å². The number of aryl methyl sites for hydroxylation is 1. The number of pyridine rings is 1. The van der Waals surface area contributed by atoms with Crippen molar-refractivity contribution in [3.63, 3.8) is 0 Å². The van der Waals surface area contributed by atoms with Crippen LogP contribution in [0.1, 0.15) is 34.5 Å². The monoisotopic (exact) mass is 357 g/mol. The minimum Gasteiger partial charge on any atom is -0.385 e. The molecule has 0 spiro atoms. The third-order valence-corrected chi connectivity index (χ3v) is 4.66. The Morgan fingerprint density at radius 2 is 2.31 bits per heavy atom. The molecular formula is C18H20FN5O2. The van der Waals surface area contributed by atoms with Crippen molar-refractivity contribution in [3.8, 4) is 0 Å². The van der Waals surface area contributed by atoms with Crippen LogP contribution in [0.25, 0.3) is 5.76 Å². The molecule has 8 heteroatoms. The number of likely N-dealkylation sites (tertiary alicyclic amines) is 1. The lowest BCUT2D eigenvalue weighted by Gasteiger charge is -2.36. The van der Waals surface area contributed by atoms with Crippen LogP contribution >= 0.6 is 0 Å². The van der Waals surface area contributed by atoms with Crippen LogP contribution in [0.2, 0.25) is 0 Å². The number of carbonyl (C=O) groups excluding carboxylic acids is 1. The van der Waals surface area contributed by atoms with Gasteiger partial charge in [-0.3, -0.25) is 9.80 Å². The number of hydrogen-bond donors (Lipinski definition) is 2. The number of hydrogen-bond acceptors (Lipinski definition) is 5. The largest absolute Gasteiger partial charge is 0.385 e. The third-order valence-electron chi connectivity index (χ3n) is 4.66. The average molecular weight is 357 g/mol. The van der Waals surface area contributed by atoms with Gasteiger partial charge in [-0.1, -0.05) is 5.59 Å². The molecule has 1 atom stereocenters. The summed E-state index contributed by atoms with van der Waals surface area (Å²) in [5.74, 6) is -0.00972. The van der Waals surface area contributed by atoms with Crippen LogP contribution in [0.3, 0.4) is 0 Å². The van der Waals surface area contributed by atoms with Crippen molar-refractivity contribution in [1.82, 2.24) is 25.5 Å². The van der Waals surface area contributed by atoms with Crippen LogP contribution in [0.15, 0.2) is 36.8 Å². The van der Waals surface area contributed by atoms with Gasteiger partial charge in [0.1, 0.15) is 0 Å². The Kier molecular flexibility index (Phi) is 4.34. The van der Waals surface area contributed by atoms with Crippen LogP contribution in [-0.4, -0.2) is 44.9 Å². The highest BCUT2D eigenvalue weighted by atomic mass is 19.1. The Hall–Kier alpha value is -2.87.